The summed E-state index contributed by atoms with van der Waals surface area (Å²) in [6.07, 6.45) is 14.5. The van der Waals surface area contributed by atoms with Crippen LogP contribution in [0.25, 0.3) is 0 Å². The van der Waals surface area contributed by atoms with Gasteiger partial charge >= 0.3 is 0 Å². The number of unbranched alkanes of at least 4 members (excludes halogenated alkanes) is 4. The van der Waals surface area contributed by atoms with Crippen LogP contribution in [0.1, 0.15) is 79.1 Å². The lowest BCUT2D eigenvalue weighted by atomic mass is 10.0. The zero-order chi connectivity index (χ0) is 16.9. The van der Waals surface area contributed by atoms with Crippen LogP contribution < -0.4 is 0 Å². The molecule has 4 heteroatoms. The molecule has 0 aromatic carbocycles. The molecule has 1 aromatic heterocycles. The molecule has 1 aromatic rings. The second-order valence-electron chi connectivity index (χ2n) is 7.69. The van der Waals surface area contributed by atoms with Crippen molar-refractivity contribution in [1.29, 1.82) is 0 Å². The Morgan fingerprint density at radius 3 is 1.83 bits per heavy atom. The monoisotopic (exact) mass is 322 g/mol. The molecular weight excluding hydrogens is 284 g/mol. The van der Waals surface area contributed by atoms with E-state index in [2.05, 4.69) is 42.9 Å². The highest BCUT2D eigenvalue weighted by Gasteiger charge is 2.06. The number of aromatic nitrogens is 3. The van der Waals surface area contributed by atoms with Crippen LogP contribution in [-0.4, -0.2) is 33.0 Å². The average Bonchev–Trinajstić information content (AvgIpc) is 2.98. The summed E-state index contributed by atoms with van der Waals surface area (Å²) in [5, 5.41) is 8.04. The van der Waals surface area contributed by atoms with Crippen LogP contribution in [0.3, 0.4) is 0 Å². The molecule has 0 N–H and O–H groups in total. The molecule has 0 fully saturated rings. The fraction of sp³-hybridized carbons (Fsp3) is 0.895. The maximum Gasteiger partial charge on any atom is 0.0946 e. The van der Waals surface area contributed by atoms with Crippen LogP contribution >= 0.6 is 0 Å². The number of hydrogen-bond donors (Lipinski definition) is 0. The summed E-state index contributed by atoms with van der Waals surface area (Å²) in [5.74, 6) is 1.67. The molecular formula is C19H38N4. The first-order chi connectivity index (χ1) is 11.1. The largest absolute Gasteiger partial charge is 0.284 e. The van der Waals surface area contributed by atoms with E-state index in [1.807, 2.05) is 10.9 Å². The Balaban J connectivity index is 2.22. The van der Waals surface area contributed by atoms with Crippen molar-refractivity contribution in [2.45, 2.75) is 85.7 Å². The minimum Gasteiger partial charge on any atom is -0.284 e. The third kappa shape index (κ3) is 11.3. The predicted molar refractivity (Wildman–Crippen MR) is 98.2 cm³/mol. The Morgan fingerprint density at radius 2 is 1.39 bits per heavy atom. The van der Waals surface area contributed by atoms with Gasteiger partial charge in [0, 0.05) is 6.20 Å². The van der Waals surface area contributed by atoms with Gasteiger partial charge in [0.15, 0.2) is 0 Å². The van der Waals surface area contributed by atoms with Crippen molar-refractivity contribution >= 4 is 0 Å². The standard InChI is InChI=1S/C19H38N4/c1-18(2)11-7-5-9-14-22(17-23-16-13-20-21-23)15-10-6-8-12-19(3)4/h13,16,18-19H,5-12,14-15,17H2,1-4H3. The molecule has 0 atom stereocenters. The van der Waals surface area contributed by atoms with Gasteiger partial charge in [-0.15, -0.1) is 5.10 Å². The van der Waals surface area contributed by atoms with Crippen molar-refractivity contribution in [3.05, 3.63) is 12.4 Å². The van der Waals surface area contributed by atoms with Gasteiger partial charge < -0.3 is 0 Å². The van der Waals surface area contributed by atoms with Crippen LogP contribution in [0.2, 0.25) is 0 Å². The third-order valence-corrected chi connectivity index (χ3v) is 4.33. The molecule has 0 aliphatic rings. The van der Waals surface area contributed by atoms with Gasteiger partial charge in [-0.05, 0) is 37.8 Å². The summed E-state index contributed by atoms with van der Waals surface area (Å²) in [4.78, 5) is 2.54. The van der Waals surface area contributed by atoms with Gasteiger partial charge in [-0.1, -0.05) is 71.4 Å². The molecule has 0 aliphatic heterocycles. The van der Waals surface area contributed by atoms with Crippen molar-refractivity contribution in [3.8, 4) is 0 Å². The van der Waals surface area contributed by atoms with Gasteiger partial charge in [0.1, 0.15) is 0 Å². The maximum atomic E-state index is 4.12. The molecule has 0 bridgehead atoms. The first-order valence-corrected chi connectivity index (χ1v) is 9.64. The van der Waals surface area contributed by atoms with Crippen LogP contribution in [0.4, 0.5) is 0 Å². The summed E-state index contributed by atoms with van der Waals surface area (Å²) >= 11 is 0. The zero-order valence-electron chi connectivity index (χ0n) is 15.9. The van der Waals surface area contributed by atoms with Crippen LogP contribution in [0, 0.1) is 11.8 Å². The first kappa shape index (κ1) is 20.1. The van der Waals surface area contributed by atoms with E-state index in [0.717, 1.165) is 18.5 Å². The van der Waals surface area contributed by atoms with Crippen molar-refractivity contribution in [2.24, 2.45) is 11.8 Å². The van der Waals surface area contributed by atoms with E-state index in [1.165, 1.54) is 64.5 Å². The Labute approximate surface area is 143 Å². The Hall–Kier alpha value is -0.900. The van der Waals surface area contributed by atoms with Gasteiger partial charge in [0.2, 0.25) is 0 Å². The van der Waals surface area contributed by atoms with Gasteiger partial charge in [-0.3, -0.25) is 4.90 Å². The molecule has 4 nitrogen and oxygen atoms in total. The third-order valence-electron chi connectivity index (χ3n) is 4.33. The fourth-order valence-corrected chi connectivity index (χ4v) is 2.90. The molecule has 0 amide bonds. The zero-order valence-corrected chi connectivity index (χ0v) is 15.9. The normalized spacial score (nSPS) is 12.0. The van der Waals surface area contributed by atoms with Crippen molar-refractivity contribution in [2.75, 3.05) is 13.1 Å². The van der Waals surface area contributed by atoms with Gasteiger partial charge in [-0.2, -0.15) is 0 Å². The SMILES string of the molecule is CC(C)CCCCCN(CCCCCC(C)C)Cn1ccnn1. The quantitative estimate of drug-likeness (QED) is 0.453. The van der Waals surface area contributed by atoms with Crippen LogP contribution in [0.5, 0.6) is 0 Å². The van der Waals surface area contributed by atoms with E-state index in [-0.39, 0.29) is 0 Å². The minimum absolute atomic E-state index is 0.835. The lowest BCUT2D eigenvalue weighted by Gasteiger charge is -2.22. The Bertz CT molecular complexity index is 341. The molecule has 1 rings (SSSR count). The fourth-order valence-electron chi connectivity index (χ4n) is 2.90. The second kappa shape index (κ2) is 12.5. The summed E-state index contributed by atoms with van der Waals surface area (Å²) in [7, 11) is 0. The molecule has 0 saturated heterocycles. The topological polar surface area (TPSA) is 34.0 Å². The Kier molecular flexibility index (Phi) is 11.0. The molecule has 0 radical (unpaired) electrons. The number of nitrogens with zero attached hydrogens (tertiary/aromatic N) is 4. The summed E-state index contributed by atoms with van der Waals surface area (Å²) in [6, 6.07) is 0. The molecule has 0 saturated carbocycles. The molecule has 0 spiro atoms. The minimum atomic E-state index is 0.835. The first-order valence-electron chi connectivity index (χ1n) is 9.64. The van der Waals surface area contributed by atoms with Crippen molar-refractivity contribution < 1.29 is 0 Å². The molecule has 1 heterocycles. The summed E-state index contributed by atoms with van der Waals surface area (Å²) in [6.45, 7) is 12.5. The average molecular weight is 323 g/mol. The highest BCUT2D eigenvalue weighted by molar-refractivity contribution is 4.65. The lowest BCUT2D eigenvalue weighted by molar-refractivity contribution is 0.196. The Morgan fingerprint density at radius 1 is 0.826 bits per heavy atom. The molecule has 134 valence electrons. The van der Waals surface area contributed by atoms with E-state index in [9.17, 15) is 0 Å². The highest BCUT2D eigenvalue weighted by Crippen LogP contribution is 2.11. The number of hydrogen-bond acceptors (Lipinski definition) is 3. The van der Waals surface area contributed by atoms with E-state index >= 15 is 0 Å². The summed E-state index contributed by atoms with van der Waals surface area (Å²) in [5.41, 5.74) is 0. The van der Waals surface area contributed by atoms with Crippen molar-refractivity contribution in [3.63, 3.8) is 0 Å². The van der Waals surface area contributed by atoms with Gasteiger partial charge in [0.25, 0.3) is 0 Å². The summed E-state index contributed by atoms with van der Waals surface area (Å²) < 4.78 is 1.95. The maximum absolute atomic E-state index is 4.12. The van der Waals surface area contributed by atoms with Gasteiger partial charge in [-0.25, -0.2) is 4.68 Å². The lowest BCUT2D eigenvalue weighted by Crippen LogP contribution is -2.29. The van der Waals surface area contributed by atoms with E-state index in [0.29, 0.717) is 0 Å². The number of rotatable bonds is 14. The molecule has 0 aliphatic carbocycles. The van der Waals surface area contributed by atoms with E-state index < -0.39 is 0 Å². The smallest absolute Gasteiger partial charge is 0.0946 e. The second-order valence-corrected chi connectivity index (χ2v) is 7.69. The van der Waals surface area contributed by atoms with Crippen LogP contribution in [-0.2, 0) is 6.67 Å². The van der Waals surface area contributed by atoms with E-state index in [1.54, 1.807) is 6.20 Å². The van der Waals surface area contributed by atoms with Gasteiger partial charge in [0.05, 0.1) is 12.9 Å². The molecule has 0 unspecified atom stereocenters. The predicted octanol–water partition coefficient (Wildman–Crippen LogP) is 4.97. The van der Waals surface area contributed by atoms with E-state index in [4.69, 9.17) is 0 Å². The molecule has 23 heavy (non-hydrogen) atoms. The highest BCUT2D eigenvalue weighted by atomic mass is 15.5. The van der Waals surface area contributed by atoms with Crippen LogP contribution in [0.15, 0.2) is 12.4 Å². The van der Waals surface area contributed by atoms with Crippen molar-refractivity contribution in [1.82, 2.24) is 19.9 Å².